The molecule has 0 bridgehead atoms. The summed E-state index contributed by atoms with van der Waals surface area (Å²) >= 11 is 12.1. The number of halogens is 2. The maximum absolute atomic E-state index is 8.82. The number of ether oxygens (including phenoxy) is 1. The number of para-hydroxylation sites is 2. The maximum Gasteiger partial charge on any atom is 0.202 e. The monoisotopic (exact) mass is 476 g/mol. The molecule has 0 unspecified atom stereocenters. The number of nitrogens with zero attached hydrogens (tertiary/aromatic N) is 3. The molecule has 0 fully saturated rings. The van der Waals surface area contributed by atoms with Crippen LogP contribution in [0.15, 0.2) is 42.5 Å². The first-order valence-corrected chi connectivity index (χ1v) is 12.3. The van der Waals surface area contributed by atoms with Crippen molar-refractivity contribution in [3.05, 3.63) is 58.1 Å². The Morgan fingerprint density at radius 2 is 1.50 bits per heavy atom. The van der Waals surface area contributed by atoms with Gasteiger partial charge < -0.3 is 18.8 Å². The first-order valence-electron chi connectivity index (χ1n) is 11.6. The highest BCUT2D eigenvalue weighted by Gasteiger charge is 2.11. The van der Waals surface area contributed by atoms with E-state index in [4.69, 9.17) is 33.3 Å². The van der Waals surface area contributed by atoms with E-state index >= 15 is 0 Å². The predicted octanol–water partition coefficient (Wildman–Crippen LogP) is 6.21. The lowest BCUT2D eigenvalue weighted by Crippen LogP contribution is -2.29. The van der Waals surface area contributed by atoms with Crippen LogP contribution in [0.25, 0.3) is 11.0 Å². The lowest BCUT2D eigenvalue weighted by Gasteiger charge is -2.20. The molecule has 1 aromatic heterocycles. The molecule has 0 spiro atoms. The smallest absolute Gasteiger partial charge is 0.202 e. The van der Waals surface area contributed by atoms with Gasteiger partial charge >= 0.3 is 0 Å². The highest BCUT2D eigenvalue weighted by atomic mass is 35.5. The van der Waals surface area contributed by atoms with Gasteiger partial charge in [-0.2, -0.15) is 0 Å². The Labute approximate surface area is 201 Å². The van der Waals surface area contributed by atoms with Crippen molar-refractivity contribution in [1.29, 1.82) is 5.41 Å². The zero-order chi connectivity index (χ0) is 22.9. The van der Waals surface area contributed by atoms with E-state index in [2.05, 4.69) is 46.1 Å². The molecule has 0 aliphatic rings. The van der Waals surface area contributed by atoms with Crippen molar-refractivity contribution in [2.75, 3.05) is 26.2 Å². The SMILES string of the molecule is CCCN(CCC)CCCn1c(=N)n(CCCOc2ccc(Cl)cc2Cl)c2ccccc21. The second kappa shape index (κ2) is 12.3. The third-order valence-corrected chi connectivity index (χ3v) is 6.12. The molecule has 0 radical (unpaired) electrons. The van der Waals surface area contributed by atoms with Crippen molar-refractivity contribution in [1.82, 2.24) is 14.0 Å². The molecule has 5 nitrogen and oxygen atoms in total. The molecule has 0 atom stereocenters. The normalized spacial score (nSPS) is 11.5. The van der Waals surface area contributed by atoms with Gasteiger partial charge in [0.2, 0.25) is 5.62 Å². The summed E-state index contributed by atoms with van der Waals surface area (Å²) in [4.78, 5) is 2.53. The van der Waals surface area contributed by atoms with Crippen LogP contribution in [-0.2, 0) is 13.1 Å². The fraction of sp³-hybridized carbons (Fsp3) is 0.480. The molecule has 0 amide bonds. The average molecular weight is 477 g/mol. The average Bonchev–Trinajstić information content (AvgIpc) is 3.04. The van der Waals surface area contributed by atoms with Gasteiger partial charge in [0.15, 0.2) is 0 Å². The number of aryl methyl sites for hydroxylation is 2. The van der Waals surface area contributed by atoms with Crippen LogP contribution in [0.4, 0.5) is 0 Å². The second-order valence-electron chi connectivity index (χ2n) is 8.09. The molecular weight excluding hydrogens is 443 g/mol. The molecule has 1 N–H and O–H groups in total. The van der Waals surface area contributed by atoms with Crippen LogP contribution in [0.3, 0.4) is 0 Å². The lowest BCUT2D eigenvalue weighted by molar-refractivity contribution is 0.265. The Balaban J connectivity index is 1.64. The van der Waals surface area contributed by atoms with E-state index in [9.17, 15) is 0 Å². The number of aromatic nitrogens is 2. The van der Waals surface area contributed by atoms with E-state index in [1.165, 1.54) is 12.8 Å². The number of benzene rings is 2. The third kappa shape index (κ3) is 6.31. The quantitative estimate of drug-likeness (QED) is 0.298. The van der Waals surface area contributed by atoms with Crippen LogP contribution < -0.4 is 10.4 Å². The lowest BCUT2D eigenvalue weighted by atomic mass is 10.3. The standard InChI is InChI=1S/C25H34Cl2N4O/c1-3-13-29(14-4-2)15-7-16-30-22-9-5-6-10-23(22)31(25(30)28)17-8-18-32-24-12-11-20(26)19-21(24)27/h5-6,9-12,19,28H,3-4,7-8,13-18H2,1-2H3. The van der Waals surface area contributed by atoms with Crippen molar-refractivity contribution in [3.63, 3.8) is 0 Å². The van der Waals surface area contributed by atoms with Crippen LogP contribution >= 0.6 is 23.2 Å². The fourth-order valence-corrected chi connectivity index (χ4v) is 4.63. The number of nitrogens with one attached hydrogen (secondary N) is 1. The highest BCUT2D eigenvalue weighted by Crippen LogP contribution is 2.27. The van der Waals surface area contributed by atoms with Gasteiger partial charge in [-0.1, -0.05) is 49.2 Å². The summed E-state index contributed by atoms with van der Waals surface area (Å²) in [5, 5.41) is 9.93. The molecule has 2 aromatic carbocycles. The molecule has 0 aliphatic carbocycles. The zero-order valence-electron chi connectivity index (χ0n) is 19.1. The largest absolute Gasteiger partial charge is 0.492 e. The Bertz CT molecular complexity index is 1050. The van der Waals surface area contributed by atoms with E-state index < -0.39 is 0 Å². The van der Waals surface area contributed by atoms with Crippen LogP contribution in [0.2, 0.25) is 10.0 Å². The number of hydrogen-bond acceptors (Lipinski definition) is 3. The van der Waals surface area contributed by atoms with Crippen molar-refractivity contribution in [3.8, 4) is 5.75 Å². The molecule has 0 aliphatic heterocycles. The van der Waals surface area contributed by atoms with Crippen LogP contribution in [0.1, 0.15) is 39.5 Å². The molecular formula is C25H34Cl2N4O. The molecule has 1 heterocycles. The van der Waals surface area contributed by atoms with Crippen LogP contribution in [0, 0.1) is 5.41 Å². The van der Waals surface area contributed by atoms with Gasteiger partial charge in [-0.3, -0.25) is 5.41 Å². The van der Waals surface area contributed by atoms with Gasteiger partial charge in [0.25, 0.3) is 0 Å². The van der Waals surface area contributed by atoms with E-state index in [0.717, 1.165) is 56.6 Å². The fourth-order valence-electron chi connectivity index (χ4n) is 4.16. The van der Waals surface area contributed by atoms with Crippen molar-refractivity contribution < 1.29 is 4.74 Å². The van der Waals surface area contributed by atoms with E-state index in [1.54, 1.807) is 18.2 Å². The minimum atomic E-state index is 0.517. The minimum absolute atomic E-state index is 0.517. The summed E-state index contributed by atoms with van der Waals surface area (Å²) in [7, 11) is 0. The molecule has 0 saturated carbocycles. The van der Waals surface area contributed by atoms with E-state index in [1.807, 2.05) is 6.07 Å². The van der Waals surface area contributed by atoms with E-state index in [0.29, 0.717) is 28.0 Å². The summed E-state index contributed by atoms with van der Waals surface area (Å²) in [6.45, 7) is 9.93. The molecule has 174 valence electrons. The van der Waals surface area contributed by atoms with E-state index in [-0.39, 0.29) is 0 Å². The molecule has 7 heteroatoms. The Hall–Kier alpha value is -1.95. The van der Waals surface area contributed by atoms with Crippen LogP contribution in [0.5, 0.6) is 5.75 Å². The highest BCUT2D eigenvalue weighted by molar-refractivity contribution is 6.35. The van der Waals surface area contributed by atoms with Gasteiger partial charge in [0.1, 0.15) is 5.75 Å². The summed E-state index contributed by atoms with van der Waals surface area (Å²) in [6.07, 6.45) is 4.19. The Morgan fingerprint density at radius 3 is 2.09 bits per heavy atom. The maximum atomic E-state index is 8.82. The van der Waals surface area contributed by atoms with Crippen molar-refractivity contribution in [2.24, 2.45) is 0 Å². The zero-order valence-corrected chi connectivity index (χ0v) is 20.6. The summed E-state index contributed by atoms with van der Waals surface area (Å²) in [5.74, 6) is 0.637. The van der Waals surface area contributed by atoms with Crippen molar-refractivity contribution >= 4 is 34.2 Å². The van der Waals surface area contributed by atoms with Gasteiger partial charge in [-0.15, -0.1) is 0 Å². The predicted molar refractivity (Wildman–Crippen MR) is 134 cm³/mol. The van der Waals surface area contributed by atoms with Gasteiger partial charge in [-0.05, 0) is 75.6 Å². The van der Waals surface area contributed by atoms with Crippen molar-refractivity contribution in [2.45, 2.75) is 52.6 Å². The number of fused-ring (bicyclic) bond motifs is 1. The minimum Gasteiger partial charge on any atom is -0.492 e. The molecule has 3 rings (SSSR count). The number of imidazole rings is 1. The van der Waals surface area contributed by atoms with Gasteiger partial charge in [0, 0.05) is 18.1 Å². The second-order valence-corrected chi connectivity index (χ2v) is 8.93. The summed E-state index contributed by atoms with van der Waals surface area (Å²) in [5.41, 5.74) is 2.77. The first-order chi connectivity index (χ1) is 15.5. The summed E-state index contributed by atoms with van der Waals surface area (Å²) in [6, 6.07) is 13.6. The topological polar surface area (TPSA) is 46.2 Å². The Kier molecular flexibility index (Phi) is 9.51. The molecule has 0 saturated heterocycles. The molecule has 32 heavy (non-hydrogen) atoms. The number of hydrogen-bond donors (Lipinski definition) is 1. The van der Waals surface area contributed by atoms with Crippen LogP contribution in [-0.4, -0.2) is 40.3 Å². The van der Waals surface area contributed by atoms with Gasteiger partial charge in [0.05, 0.1) is 22.7 Å². The number of rotatable bonds is 13. The van der Waals surface area contributed by atoms with Gasteiger partial charge in [-0.25, -0.2) is 0 Å². The first kappa shape index (κ1) is 24.7. The Morgan fingerprint density at radius 1 is 0.875 bits per heavy atom. The summed E-state index contributed by atoms with van der Waals surface area (Å²) < 4.78 is 10.1. The third-order valence-electron chi connectivity index (χ3n) is 5.59. The molecule has 3 aromatic rings.